The van der Waals surface area contributed by atoms with Gasteiger partial charge in [0.2, 0.25) is 5.91 Å². The molecule has 7 nitrogen and oxygen atoms in total. The molecule has 0 bridgehead atoms. The van der Waals surface area contributed by atoms with Crippen LogP contribution in [0.4, 0.5) is 0 Å². The van der Waals surface area contributed by atoms with Crippen LogP contribution in [0.2, 0.25) is 0 Å². The van der Waals surface area contributed by atoms with Crippen molar-refractivity contribution in [3.8, 4) is 0 Å². The van der Waals surface area contributed by atoms with E-state index in [4.69, 9.17) is 10.8 Å². The van der Waals surface area contributed by atoms with Gasteiger partial charge in [-0.05, 0) is 44.6 Å². The van der Waals surface area contributed by atoms with Gasteiger partial charge < -0.3 is 20.9 Å². The molecule has 0 aromatic heterocycles. The first kappa shape index (κ1) is 17.4. The fourth-order valence-electron chi connectivity index (χ4n) is 2.57. The van der Waals surface area contributed by atoms with E-state index >= 15 is 0 Å². The third-order valence-corrected chi connectivity index (χ3v) is 4.03. The molecular formula is C14H24N2O5. The van der Waals surface area contributed by atoms with Gasteiger partial charge in [-0.1, -0.05) is 0 Å². The first-order valence-corrected chi connectivity index (χ1v) is 7.28. The Bertz CT molecular complexity index is 378. The maximum absolute atomic E-state index is 12.1. The van der Waals surface area contributed by atoms with Gasteiger partial charge in [0.25, 0.3) is 0 Å². The Morgan fingerprint density at radius 3 is 2.38 bits per heavy atom. The summed E-state index contributed by atoms with van der Waals surface area (Å²) in [7, 11) is 1.24. The van der Waals surface area contributed by atoms with Crippen LogP contribution in [0, 0.1) is 11.8 Å². The summed E-state index contributed by atoms with van der Waals surface area (Å²) in [6.45, 7) is 0.630. The van der Waals surface area contributed by atoms with Crippen LogP contribution >= 0.6 is 0 Å². The predicted octanol–water partition coefficient (Wildman–Crippen LogP) is 0.274. The first-order valence-electron chi connectivity index (χ1n) is 7.28. The Labute approximate surface area is 124 Å². The SMILES string of the molecule is COC(=O)CC[C@H](NC(=O)C1CCC(CN)CC1)C(=O)O. The number of amides is 1. The van der Waals surface area contributed by atoms with Crippen molar-refractivity contribution in [2.24, 2.45) is 17.6 Å². The molecule has 0 saturated heterocycles. The van der Waals surface area contributed by atoms with E-state index < -0.39 is 18.0 Å². The second-order valence-corrected chi connectivity index (χ2v) is 5.47. The zero-order chi connectivity index (χ0) is 15.8. The van der Waals surface area contributed by atoms with Crippen LogP contribution in [0.1, 0.15) is 38.5 Å². The highest BCUT2D eigenvalue weighted by Gasteiger charge is 2.29. The zero-order valence-corrected chi connectivity index (χ0v) is 12.3. The van der Waals surface area contributed by atoms with Crippen molar-refractivity contribution in [3.63, 3.8) is 0 Å². The number of carboxylic acids is 1. The number of carboxylic acid groups (broad SMARTS) is 1. The Kier molecular flexibility index (Phi) is 7.14. The van der Waals surface area contributed by atoms with Gasteiger partial charge in [-0.25, -0.2) is 4.79 Å². The highest BCUT2D eigenvalue weighted by atomic mass is 16.5. The van der Waals surface area contributed by atoms with Gasteiger partial charge in [0, 0.05) is 12.3 Å². The summed E-state index contributed by atoms with van der Waals surface area (Å²) in [5.41, 5.74) is 5.60. The van der Waals surface area contributed by atoms with E-state index in [-0.39, 0.29) is 24.7 Å². The zero-order valence-electron chi connectivity index (χ0n) is 12.3. The highest BCUT2D eigenvalue weighted by Crippen LogP contribution is 2.28. The number of carbonyl (C=O) groups is 3. The Hall–Kier alpha value is -1.63. The topological polar surface area (TPSA) is 119 Å². The third-order valence-electron chi connectivity index (χ3n) is 4.03. The number of aliphatic carboxylic acids is 1. The molecule has 1 amide bonds. The molecule has 1 aliphatic carbocycles. The van der Waals surface area contributed by atoms with Crippen LogP contribution in [-0.4, -0.2) is 42.6 Å². The summed E-state index contributed by atoms with van der Waals surface area (Å²) in [6, 6.07) is -1.05. The van der Waals surface area contributed by atoms with Crippen LogP contribution in [-0.2, 0) is 19.1 Å². The third kappa shape index (κ3) is 5.71. The Balaban J connectivity index is 2.45. The van der Waals surface area contributed by atoms with E-state index in [2.05, 4.69) is 10.1 Å². The van der Waals surface area contributed by atoms with E-state index in [1.165, 1.54) is 7.11 Å². The molecule has 0 aromatic carbocycles. The largest absolute Gasteiger partial charge is 0.480 e. The monoisotopic (exact) mass is 300 g/mol. The maximum Gasteiger partial charge on any atom is 0.326 e. The van der Waals surface area contributed by atoms with Gasteiger partial charge in [0.05, 0.1) is 7.11 Å². The van der Waals surface area contributed by atoms with E-state index in [0.29, 0.717) is 12.5 Å². The van der Waals surface area contributed by atoms with E-state index in [0.717, 1.165) is 25.7 Å². The summed E-state index contributed by atoms with van der Waals surface area (Å²) in [6.07, 6.45) is 3.26. The average molecular weight is 300 g/mol. The minimum absolute atomic E-state index is 0.0336. The minimum Gasteiger partial charge on any atom is -0.480 e. The van der Waals surface area contributed by atoms with Crippen molar-refractivity contribution in [2.45, 2.75) is 44.6 Å². The number of rotatable bonds is 7. The van der Waals surface area contributed by atoms with Crippen LogP contribution < -0.4 is 11.1 Å². The number of ether oxygens (including phenoxy) is 1. The second-order valence-electron chi connectivity index (χ2n) is 5.47. The molecule has 1 fully saturated rings. The van der Waals surface area contributed by atoms with Gasteiger partial charge in [-0.3, -0.25) is 9.59 Å². The first-order chi connectivity index (χ1) is 9.97. The smallest absolute Gasteiger partial charge is 0.326 e. The molecule has 0 aliphatic heterocycles. The lowest BCUT2D eigenvalue weighted by atomic mass is 9.81. The molecule has 0 aromatic rings. The summed E-state index contributed by atoms with van der Waals surface area (Å²) >= 11 is 0. The van der Waals surface area contributed by atoms with Crippen LogP contribution in [0.25, 0.3) is 0 Å². The second kappa shape index (κ2) is 8.61. The van der Waals surface area contributed by atoms with Crippen molar-refractivity contribution in [3.05, 3.63) is 0 Å². The number of nitrogens with two attached hydrogens (primary N) is 1. The quantitative estimate of drug-likeness (QED) is 0.581. The molecular weight excluding hydrogens is 276 g/mol. The number of carbonyl (C=O) groups excluding carboxylic acids is 2. The van der Waals surface area contributed by atoms with E-state index in [9.17, 15) is 14.4 Å². The Morgan fingerprint density at radius 1 is 1.29 bits per heavy atom. The Morgan fingerprint density at radius 2 is 1.90 bits per heavy atom. The number of hydrogen-bond acceptors (Lipinski definition) is 5. The van der Waals surface area contributed by atoms with Crippen LogP contribution in [0.5, 0.6) is 0 Å². The van der Waals surface area contributed by atoms with Crippen molar-refractivity contribution >= 4 is 17.8 Å². The van der Waals surface area contributed by atoms with E-state index in [1.54, 1.807) is 0 Å². The van der Waals surface area contributed by atoms with Crippen molar-refractivity contribution < 1.29 is 24.2 Å². The fraction of sp³-hybridized carbons (Fsp3) is 0.786. The van der Waals surface area contributed by atoms with Crippen molar-refractivity contribution in [1.82, 2.24) is 5.32 Å². The number of esters is 1. The highest BCUT2D eigenvalue weighted by molar-refractivity contribution is 5.85. The molecule has 0 radical (unpaired) electrons. The summed E-state index contributed by atoms with van der Waals surface area (Å²) in [5, 5.41) is 11.6. The fourth-order valence-corrected chi connectivity index (χ4v) is 2.57. The minimum atomic E-state index is -1.14. The summed E-state index contributed by atoms with van der Waals surface area (Å²) < 4.78 is 4.47. The summed E-state index contributed by atoms with van der Waals surface area (Å²) in [5.74, 6) is -1.57. The average Bonchev–Trinajstić information content (AvgIpc) is 2.50. The van der Waals surface area contributed by atoms with Gasteiger partial charge in [0.1, 0.15) is 6.04 Å². The normalized spacial score (nSPS) is 23.1. The lowest BCUT2D eigenvalue weighted by molar-refractivity contribution is -0.144. The molecule has 1 rings (SSSR count). The summed E-state index contributed by atoms with van der Waals surface area (Å²) in [4.78, 5) is 34.3. The van der Waals surface area contributed by atoms with Crippen LogP contribution in [0.15, 0.2) is 0 Å². The van der Waals surface area contributed by atoms with Gasteiger partial charge in [-0.15, -0.1) is 0 Å². The van der Waals surface area contributed by atoms with Gasteiger partial charge in [-0.2, -0.15) is 0 Å². The molecule has 0 heterocycles. The lowest BCUT2D eigenvalue weighted by Crippen LogP contribution is -2.44. The molecule has 7 heteroatoms. The molecule has 0 spiro atoms. The maximum atomic E-state index is 12.1. The molecule has 21 heavy (non-hydrogen) atoms. The number of nitrogens with one attached hydrogen (secondary N) is 1. The van der Waals surface area contributed by atoms with Crippen molar-refractivity contribution in [1.29, 1.82) is 0 Å². The molecule has 1 atom stereocenters. The van der Waals surface area contributed by atoms with Gasteiger partial charge in [0.15, 0.2) is 0 Å². The van der Waals surface area contributed by atoms with Gasteiger partial charge >= 0.3 is 11.9 Å². The standard InChI is InChI=1S/C14H24N2O5/c1-21-12(17)7-6-11(14(19)20)16-13(18)10-4-2-9(8-15)3-5-10/h9-11H,2-8,15H2,1H3,(H,16,18)(H,19,20)/t9?,10?,11-/m0/s1. The molecule has 4 N–H and O–H groups in total. The van der Waals surface area contributed by atoms with Crippen LogP contribution in [0.3, 0.4) is 0 Å². The molecule has 1 saturated carbocycles. The molecule has 1 aliphatic rings. The molecule has 120 valence electrons. The molecule has 0 unspecified atom stereocenters. The van der Waals surface area contributed by atoms with E-state index in [1.807, 2.05) is 0 Å². The van der Waals surface area contributed by atoms with Crippen molar-refractivity contribution in [2.75, 3.05) is 13.7 Å². The number of hydrogen-bond donors (Lipinski definition) is 3. The lowest BCUT2D eigenvalue weighted by Gasteiger charge is -2.27. The number of methoxy groups -OCH3 is 1. The predicted molar refractivity (Wildman–Crippen MR) is 75.3 cm³/mol.